The van der Waals surface area contributed by atoms with Crippen LogP contribution < -0.4 is 20.1 Å². The number of benzene rings is 2. The molecule has 0 aromatic heterocycles. The van der Waals surface area contributed by atoms with E-state index in [-0.39, 0.29) is 23.7 Å². The van der Waals surface area contributed by atoms with E-state index in [2.05, 4.69) is 5.32 Å². The molecule has 11 heteroatoms. The van der Waals surface area contributed by atoms with Gasteiger partial charge in [0, 0.05) is 5.56 Å². The molecule has 30 heavy (non-hydrogen) atoms. The molecule has 2 aromatic carbocycles. The number of urea groups is 1. The van der Waals surface area contributed by atoms with E-state index in [0.29, 0.717) is 5.75 Å². The maximum atomic E-state index is 13.5. The molecule has 0 spiro atoms. The number of nitrogens with one attached hydrogen (secondary N) is 2. The van der Waals surface area contributed by atoms with E-state index in [4.69, 9.17) is 9.47 Å². The van der Waals surface area contributed by atoms with Crippen molar-refractivity contribution in [3.8, 4) is 11.5 Å². The number of halogens is 4. The van der Waals surface area contributed by atoms with Crippen LogP contribution in [0.2, 0.25) is 0 Å². The molecule has 0 unspecified atom stereocenters. The Hall–Kier alpha value is -3.34. The van der Waals surface area contributed by atoms with Crippen molar-refractivity contribution in [2.45, 2.75) is 17.9 Å². The molecule has 2 amide bonds. The summed E-state index contributed by atoms with van der Waals surface area (Å²) in [5, 5.41) is 15.4. The van der Waals surface area contributed by atoms with Crippen molar-refractivity contribution in [1.82, 2.24) is 10.6 Å². The first-order chi connectivity index (χ1) is 14.1. The number of amides is 2. The van der Waals surface area contributed by atoms with E-state index in [9.17, 15) is 32.3 Å². The van der Waals surface area contributed by atoms with E-state index in [1.54, 1.807) is 0 Å². The van der Waals surface area contributed by atoms with Gasteiger partial charge in [0.25, 0.3) is 0 Å². The van der Waals surface area contributed by atoms with Crippen molar-refractivity contribution >= 4 is 11.8 Å². The fourth-order valence-electron chi connectivity index (χ4n) is 3.61. The lowest BCUT2D eigenvalue weighted by atomic mass is 9.76. The summed E-state index contributed by atoms with van der Waals surface area (Å²) in [5.74, 6) is -4.66. The van der Waals surface area contributed by atoms with Crippen LogP contribution in [0, 0.1) is 11.7 Å². The molecular formula is C19H14F4N2O5. The summed E-state index contributed by atoms with van der Waals surface area (Å²) in [6.45, 7) is -0.0954. The van der Waals surface area contributed by atoms with Gasteiger partial charge >= 0.3 is 12.2 Å². The average Bonchev–Trinajstić information content (AvgIpc) is 3.14. The Balaban J connectivity index is 1.86. The minimum Gasteiger partial charge on any atom is -0.454 e. The molecule has 2 heterocycles. The van der Waals surface area contributed by atoms with Gasteiger partial charge in [0.2, 0.25) is 12.6 Å². The predicted octanol–water partition coefficient (Wildman–Crippen LogP) is 2.50. The van der Waals surface area contributed by atoms with Crippen LogP contribution in [-0.4, -0.2) is 29.9 Å². The fraction of sp³-hybridized carbons (Fsp3) is 0.263. The monoisotopic (exact) mass is 426 g/mol. The maximum Gasteiger partial charge on any atom is 0.450 e. The number of hydrogen-bond acceptors (Lipinski definition) is 5. The molecule has 2 aliphatic rings. The van der Waals surface area contributed by atoms with Crippen LogP contribution in [0.25, 0.3) is 0 Å². The highest BCUT2D eigenvalue weighted by Crippen LogP contribution is 2.44. The summed E-state index contributed by atoms with van der Waals surface area (Å²) < 4.78 is 64.1. The number of carbonyl (C=O) groups is 2. The predicted molar refractivity (Wildman–Crippen MR) is 91.8 cm³/mol. The maximum absolute atomic E-state index is 13.5. The highest BCUT2D eigenvalue weighted by molar-refractivity contribution is 5.91. The van der Waals surface area contributed by atoms with Crippen LogP contribution in [0.3, 0.4) is 0 Å². The number of aliphatic hydroxyl groups is 1. The zero-order chi connectivity index (χ0) is 21.7. The quantitative estimate of drug-likeness (QED) is 0.656. The number of Topliss-reactive ketones (excluding diaryl/α,β-unsaturated/α-hetero) is 1. The highest BCUT2D eigenvalue weighted by Gasteiger charge is 2.59. The lowest BCUT2D eigenvalue weighted by molar-refractivity contribution is -0.190. The summed E-state index contributed by atoms with van der Waals surface area (Å²) in [5.41, 5.74) is -2.96. The summed E-state index contributed by atoms with van der Waals surface area (Å²) in [6, 6.07) is 5.28. The second-order valence-corrected chi connectivity index (χ2v) is 6.80. The van der Waals surface area contributed by atoms with Crippen molar-refractivity contribution in [1.29, 1.82) is 0 Å². The van der Waals surface area contributed by atoms with Gasteiger partial charge in [0.1, 0.15) is 11.7 Å². The van der Waals surface area contributed by atoms with Gasteiger partial charge in [-0.3, -0.25) is 4.79 Å². The van der Waals surface area contributed by atoms with E-state index in [0.717, 1.165) is 24.3 Å². The summed E-state index contributed by atoms with van der Waals surface area (Å²) >= 11 is 0. The summed E-state index contributed by atoms with van der Waals surface area (Å²) in [7, 11) is 0. The Morgan fingerprint density at radius 1 is 1.10 bits per heavy atom. The van der Waals surface area contributed by atoms with Crippen LogP contribution in [0.5, 0.6) is 11.5 Å². The van der Waals surface area contributed by atoms with Crippen molar-refractivity contribution in [2.75, 3.05) is 6.79 Å². The zero-order valence-corrected chi connectivity index (χ0v) is 15.0. The number of carbonyl (C=O) groups excluding carboxylic acids is 2. The second kappa shape index (κ2) is 6.87. The number of alkyl halides is 3. The molecule has 0 bridgehead atoms. The number of ketones is 1. The highest BCUT2D eigenvalue weighted by atomic mass is 19.4. The van der Waals surface area contributed by atoms with Crippen LogP contribution in [0.4, 0.5) is 22.4 Å². The third kappa shape index (κ3) is 3.30. The summed E-state index contributed by atoms with van der Waals surface area (Å²) in [4.78, 5) is 24.6. The lowest BCUT2D eigenvalue weighted by Gasteiger charge is -2.45. The van der Waals surface area contributed by atoms with Gasteiger partial charge in [0.05, 0.1) is 6.04 Å². The molecule has 0 radical (unpaired) electrons. The minimum absolute atomic E-state index is 0.0808. The van der Waals surface area contributed by atoms with Gasteiger partial charge in [-0.15, -0.1) is 0 Å². The smallest absolute Gasteiger partial charge is 0.450 e. The van der Waals surface area contributed by atoms with Crippen molar-refractivity contribution in [3.05, 3.63) is 59.4 Å². The number of fused-ring (bicyclic) bond motifs is 1. The van der Waals surface area contributed by atoms with Gasteiger partial charge in [-0.1, -0.05) is 18.2 Å². The van der Waals surface area contributed by atoms with E-state index in [1.807, 2.05) is 5.32 Å². The van der Waals surface area contributed by atoms with Gasteiger partial charge in [-0.05, 0) is 29.8 Å². The van der Waals surface area contributed by atoms with Gasteiger partial charge in [0.15, 0.2) is 17.2 Å². The first kappa shape index (κ1) is 20.0. The molecule has 0 saturated carbocycles. The Bertz CT molecular complexity index is 1010. The zero-order valence-electron chi connectivity index (χ0n) is 15.0. The van der Waals surface area contributed by atoms with Gasteiger partial charge in [-0.25, -0.2) is 9.18 Å². The summed E-state index contributed by atoms with van der Waals surface area (Å²) in [6.07, 6.45) is -5.32. The average molecular weight is 426 g/mol. The van der Waals surface area contributed by atoms with Crippen molar-refractivity contribution < 1.29 is 41.7 Å². The number of rotatable bonds is 3. The standard InChI is InChI=1S/C19H14F4N2O5/c20-11-4-2-10(3-5-11)18(28)14(16(26)19(21,22)23)15(24-17(27)25-18)9-1-6-12-13(7-9)30-8-29-12/h1-7,14-15,28H,8H2,(H2,24,25,27)/t14-,15+,18-/m0/s1. The molecule has 7 nitrogen and oxygen atoms in total. The van der Waals surface area contributed by atoms with Crippen LogP contribution in [0.1, 0.15) is 17.2 Å². The van der Waals surface area contributed by atoms with Crippen molar-refractivity contribution in [2.24, 2.45) is 5.92 Å². The first-order valence-corrected chi connectivity index (χ1v) is 8.67. The normalized spacial score (nSPS) is 25.4. The second-order valence-electron chi connectivity index (χ2n) is 6.80. The number of ether oxygens (including phenoxy) is 2. The van der Waals surface area contributed by atoms with Gasteiger partial charge < -0.3 is 25.2 Å². The largest absolute Gasteiger partial charge is 0.454 e. The Kier molecular flexibility index (Phi) is 4.57. The molecule has 3 atom stereocenters. The van der Waals surface area contributed by atoms with Crippen molar-refractivity contribution in [3.63, 3.8) is 0 Å². The SMILES string of the molecule is O=C1N[C@H](c2ccc3c(c2)OCO3)[C@@H](C(=O)C(F)(F)F)[C@@](O)(c2ccc(F)cc2)N1. The molecule has 0 aliphatic carbocycles. The molecule has 158 valence electrons. The minimum atomic E-state index is -5.32. The van der Waals surface area contributed by atoms with Crippen LogP contribution in [-0.2, 0) is 10.5 Å². The Labute approximate surface area is 166 Å². The Morgan fingerprint density at radius 3 is 2.43 bits per heavy atom. The molecule has 2 aromatic rings. The molecule has 2 aliphatic heterocycles. The lowest BCUT2D eigenvalue weighted by Crippen LogP contribution is -2.66. The topological polar surface area (TPSA) is 96.9 Å². The van der Waals surface area contributed by atoms with E-state index >= 15 is 0 Å². The molecule has 1 saturated heterocycles. The molecular weight excluding hydrogens is 412 g/mol. The third-order valence-corrected chi connectivity index (χ3v) is 4.98. The van der Waals surface area contributed by atoms with Crippen LogP contribution in [0.15, 0.2) is 42.5 Å². The number of hydrogen-bond donors (Lipinski definition) is 3. The Morgan fingerprint density at radius 2 is 1.77 bits per heavy atom. The van der Waals surface area contributed by atoms with Crippen LogP contribution >= 0.6 is 0 Å². The van der Waals surface area contributed by atoms with Gasteiger partial charge in [-0.2, -0.15) is 13.2 Å². The van der Waals surface area contributed by atoms with E-state index in [1.165, 1.54) is 18.2 Å². The molecule has 1 fully saturated rings. The fourth-order valence-corrected chi connectivity index (χ4v) is 3.61. The van der Waals surface area contributed by atoms with E-state index < -0.39 is 41.5 Å². The first-order valence-electron chi connectivity index (χ1n) is 8.67. The third-order valence-electron chi connectivity index (χ3n) is 4.98. The molecule has 3 N–H and O–H groups in total. The molecule has 4 rings (SSSR count).